The van der Waals surface area contributed by atoms with Gasteiger partial charge in [0, 0.05) is 10.8 Å². The zero-order valence-corrected chi connectivity index (χ0v) is 13.6. The molecule has 0 aliphatic rings. The van der Waals surface area contributed by atoms with Crippen LogP contribution in [0.3, 0.4) is 0 Å². The molecule has 0 fully saturated rings. The van der Waals surface area contributed by atoms with Crippen molar-refractivity contribution < 1.29 is 0 Å². The molecule has 0 saturated heterocycles. The molecule has 0 atom stereocenters. The summed E-state index contributed by atoms with van der Waals surface area (Å²) in [6.45, 7) is 2.04. The molecule has 0 aromatic heterocycles. The van der Waals surface area contributed by atoms with Gasteiger partial charge in [0.25, 0.3) is 0 Å². The van der Waals surface area contributed by atoms with Crippen LogP contribution in [0, 0.1) is 45.3 Å². The zero-order valence-electron chi connectivity index (χ0n) is 13.6. The van der Waals surface area contributed by atoms with Crippen molar-refractivity contribution in [2.45, 2.75) is 19.8 Å². The average Bonchev–Trinajstić information content (AvgIpc) is 2.65. The van der Waals surface area contributed by atoms with Crippen LogP contribution in [0.4, 0.5) is 0 Å². The van der Waals surface area contributed by atoms with Gasteiger partial charge in [0.15, 0.2) is 0 Å². The Balaban J connectivity index is 2.75. The molecule has 3 rings (SSSR count). The standard InChI is InChI=1S/C21H12N4/c1-2-5-15-14-7-4-3-6-13(14)8-16-17(9-22)18(10-23)19(11-24)20(12-25)21(15)16/h3-4,6-8H,2,5H2,1H3. The van der Waals surface area contributed by atoms with E-state index in [9.17, 15) is 21.0 Å². The van der Waals surface area contributed by atoms with Crippen LogP contribution in [0.15, 0.2) is 30.3 Å². The minimum absolute atomic E-state index is 0.0123. The summed E-state index contributed by atoms with van der Waals surface area (Å²) in [6, 6.07) is 17.7. The Hall–Kier alpha value is -3.86. The maximum Gasteiger partial charge on any atom is 0.102 e. The maximum atomic E-state index is 9.70. The van der Waals surface area contributed by atoms with Crippen LogP contribution < -0.4 is 0 Å². The highest BCUT2D eigenvalue weighted by atomic mass is 14.3. The molecule has 116 valence electrons. The Morgan fingerprint density at radius 1 is 0.760 bits per heavy atom. The minimum Gasteiger partial charge on any atom is -0.192 e. The van der Waals surface area contributed by atoms with E-state index in [1.807, 2.05) is 49.4 Å². The quantitative estimate of drug-likeness (QED) is 0.652. The molecule has 0 saturated carbocycles. The summed E-state index contributed by atoms with van der Waals surface area (Å²) >= 11 is 0. The highest BCUT2D eigenvalue weighted by molar-refractivity contribution is 6.08. The van der Waals surface area contributed by atoms with E-state index in [2.05, 4.69) is 12.1 Å². The highest BCUT2D eigenvalue weighted by Crippen LogP contribution is 2.37. The second-order valence-corrected chi connectivity index (χ2v) is 5.70. The Morgan fingerprint density at radius 3 is 1.96 bits per heavy atom. The van der Waals surface area contributed by atoms with Gasteiger partial charge in [0.2, 0.25) is 0 Å². The number of nitrogens with zero attached hydrogens (tertiary/aromatic N) is 4. The third-order valence-electron chi connectivity index (χ3n) is 4.37. The first-order valence-electron chi connectivity index (χ1n) is 7.86. The molecule has 0 aliphatic heterocycles. The summed E-state index contributed by atoms with van der Waals surface area (Å²) in [5.74, 6) is 0. The fourth-order valence-corrected chi connectivity index (χ4v) is 3.38. The van der Waals surface area contributed by atoms with Crippen LogP contribution >= 0.6 is 0 Å². The van der Waals surface area contributed by atoms with Crippen molar-refractivity contribution >= 4 is 21.5 Å². The van der Waals surface area contributed by atoms with Gasteiger partial charge in [-0.25, -0.2) is 0 Å². The molecule has 0 bridgehead atoms. The summed E-state index contributed by atoms with van der Waals surface area (Å²) in [7, 11) is 0. The molecule has 0 amide bonds. The molecule has 0 heterocycles. The number of aryl methyl sites for hydroxylation is 1. The molecule has 25 heavy (non-hydrogen) atoms. The Labute approximate surface area is 145 Å². The lowest BCUT2D eigenvalue weighted by atomic mass is 9.85. The van der Waals surface area contributed by atoms with Gasteiger partial charge < -0.3 is 0 Å². The van der Waals surface area contributed by atoms with E-state index in [0.717, 1.165) is 22.8 Å². The number of hydrogen-bond donors (Lipinski definition) is 0. The molecule has 0 unspecified atom stereocenters. The Morgan fingerprint density at radius 2 is 1.36 bits per heavy atom. The molecule has 0 N–H and O–H groups in total. The first kappa shape index (κ1) is 16.0. The SMILES string of the molecule is CCCc1c2ccccc2cc2c(C#N)c(C#N)c(C#N)c(C#N)c12. The van der Waals surface area contributed by atoms with Gasteiger partial charge in [0.05, 0.1) is 22.3 Å². The molecule has 0 radical (unpaired) electrons. The van der Waals surface area contributed by atoms with Gasteiger partial charge in [-0.05, 0) is 28.8 Å². The van der Waals surface area contributed by atoms with Gasteiger partial charge in [-0.15, -0.1) is 0 Å². The third-order valence-corrected chi connectivity index (χ3v) is 4.37. The minimum atomic E-state index is -0.0215. The summed E-state index contributed by atoms with van der Waals surface area (Å²) in [4.78, 5) is 0. The number of nitriles is 4. The first-order chi connectivity index (χ1) is 12.2. The number of benzene rings is 3. The van der Waals surface area contributed by atoms with E-state index in [4.69, 9.17) is 0 Å². The summed E-state index contributed by atoms with van der Waals surface area (Å²) in [5.41, 5.74) is 1.26. The summed E-state index contributed by atoms with van der Waals surface area (Å²) < 4.78 is 0. The largest absolute Gasteiger partial charge is 0.192 e. The van der Waals surface area contributed by atoms with E-state index in [-0.39, 0.29) is 22.3 Å². The van der Waals surface area contributed by atoms with Crippen molar-refractivity contribution in [3.05, 3.63) is 58.1 Å². The van der Waals surface area contributed by atoms with Crippen LogP contribution in [0.1, 0.15) is 41.2 Å². The normalized spacial score (nSPS) is 9.96. The van der Waals surface area contributed by atoms with Crippen molar-refractivity contribution in [2.24, 2.45) is 0 Å². The fourth-order valence-electron chi connectivity index (χ4n) is 3.38. The summed E-state index contributed by atoms with van der Waals surface area (Å²) in [6.07, 6.45) is 1.58. The van der Waals surface area contributed by atoms with E-state index in [1.165, 1.54) is 0 Å². The third kappa shape index (κ3) is 2.26. The fraction of sp³-hybridized carbons (Fsp3) is 0.143. The highest BCUT2D eigenvalue weighted by Gasteiger charge is 2.22. The lowest BCUT2D eigenvalue weighted by molar-refractivity contribution is 0.936. The maximum absolute atomic E-state index is 9.70. The predicted molar refractivity (Wildman–Crippen MR) is 94.3 cm³/mol. The van der Waals surface area contributed by atoms with Gasteiger partial charge in [0.1, 0.15) is 24.3 Å². The molecule has 4 heteroatoms. The van der Waals surface area contributed by atoms with Crippen LogP contribution in [-0.2, 0) is 6.42 Å². The van der Waals surface area contributed by atoms with Crippen molar-refractivity contribution in [1.82, 2.24) is 0 Å². The number of hydrogen-bond acceptors (Lipinski definition) is 4. The molecule has 0 spiro atoms. The number of fused-ring (bicyclic) bond motifs is 2. The second kappa shape index (κ2) is 6.33. The molecule has 4 nitrogen and oxygen atoms in total. The van der Waals surface area contributed by atoms with Gasteiger partial charge >= 0.3 is 0 Å². The van der Waals surface area contributed by atoms with Crippen molar-refractivity contribution in [3.63, 3.8) is 0 Å². The van der Waals surface area contributed by atoms with Crippen LogP contribution in [0.5, 0.6) is 0 Å². The Bertz CT molecular complexity index is 1190. The van der Waals surface area contributed by atoms with Gasteiger partial charge in [-0.3, -0.25) is 0 Å². The van der Waals surface area contributed by atoms with Crippen molar-refractivity contribution in [2.75, 3.05) is 0 Å². The molecular weight excluding hydrogens is 308 g/mol. The predicted octanol–water partition coefficient (Wildman–Crippen LogP) is 4.43. The van der Waals surface area contributed by atoms with Crippen LogP contribution in [-0.4, -0.2) is 0 Å². The first-order valence-corrected chi connectivity index (χ1v) is 7.86. The lowest BCUT2D eigenvalue weighted by Crippen LogP contribution is -2.01. The molecule has 0 aliphatic carbocycles. The topological polar surface area (TPSA) is 95.2 Å². The Kier molecular flexibility index (Phi) is 4.05. The van der Waals surface area contributed by atoms with Crippen LogP contribution in [0.2, 0.25) is 0 Å². The van der Waals surface area contributed by atoms with Crippen molar-refractivity contribution in [3.8, 4) is 24.3 Å². The molecule has 3 aromatic carbocycles. The van der Waals surface area contributed by atoms with E-state index in [1.54, 1.807) is 0 Å². The molecule has 3 aromatic rings. The lowest BCUT2D eigenvalue weighted by Gasteiger charge is -2.15. The van der Waals surface area contributed by atoms with Crippen molar-refractivity contribution in [1.29, 1.82) is 21.0 Å². The van der Waals surface area contributed by atoms with Gasteiger partial charge in [-0.2, -0.15) is 21.0 Å². The average molecular weight is 320 g/mol. The van der Waals surface area contributed by atoms with E-state index in [0.29, 0.717) is 17.2 Å². The second-order valence-electron chi connectivity index (χ2n) is 5.70. The van der Waals surface area contributed by atoms with Gasteiger partial charge in [-0.1, -0.05) is 37.6 Å². The zero-order chi connectivity index (χ0) is 18.0. The smallest absolute Gasteiger partial charge is 0.102 e. The van der Waals surface area contributed by atoms with E-state index >= 15 is 0 Å². The van der Waals surface area contributed by atoms with Crippen LogP contribution in [0.25, 0.3) is 21.5 Å². The monoisotopic (exact) mass is 320 g/mol. The van der Waals surface area contributed by atoms with E-state index < -0.39 is 0 Å². The number of rotatable bonds is 2. The summed E-state index contributed by atoms with van der Waals surface area (Å²) in [5, 5.41) is 41.5. The molecular formula is C21H12N4.